The van der Waals surface area contributed by atoms with Crippen LogP contribution in [0.25, 0.3) is 0 Å². The van der Waals surface area contributed by atoms with Crippen LogP contribution in [-0.2, 0) is 16.1 Å². The molecule has 0 aromatic carbocycles. The maximum absolute atomic E-state index is 11.8. The first-order chi connectivity index (χ1) is 11.7. The number of guanidine groups is 1. The first-order valence-electron chi connectivity index (χ1n) is 8.29. The lowest BCUT2D eigenvalue weighted by molar-refractivity contribution is -0.149. The van der Waals surface area contributed by atoms with Gasteiger partial charge in [-0.25, -0.2) is 4.98 Å². The Balaban J connectivity index is 0.00000312. The maximum atomic E-state index is 11.8. The number of esters is 1. The molecule has 0 saturated carbocycles. The molecule has 1 saturated heterocycles. The summed E-state index contributed by atoms with van der Waals surface area (Å²) in [5.41, 5.74) is 1.07. The van der Waals surface area contributed by atoms with Gasteiger partial charge in [0.1, 0.15) is 0 Å². The molecule has 0 atom stereocenters. The third kappa shape index (κ3) is 6.33. The predicted molar refractivity (Wildman–Crippen MR) is 107 cm³/mol. The number of halogens is 1. The van der Waals surface area contributed by atoms with Gasteiger partial charge in [0.05, 0.1) is 19.6 Å². The van der Waals surface area contributed by atoms with Crippen LogP contribution in [0.4, 0.5) is 0 Å². The zero-order valence-corrected chi connectivity index (χ0v) is 17.4. The molecule has 1 aromatic heterocycles. The lowest BCUT2D eigenvalue weighted by Gasteiger charge is -2.33. The molecular formula is C17H27IN4O3. The molecule has 0 spiro atoms. The fourth-order valence-electron chi connectivity index (χ4n) is 2.77. The summed E-state index contributed by atoms with van der Waals surface area (Å²) in [7, 11) is 3.37. The Kier molecular flexibility index (Phi) is 9.54. The van der Waals surface area contributed by atoms with Crippen molar-refractivity contribution < 1.29 is 14.3 Å². The van der Waals surface area contributed by atoms with Crippen molar-refractivity contribution in [3.05, 3.63) is 23.9 Å². The molecule has 1 N–H and O–H groups in total. The molecule has 0 unspecified atom stereocenters. The van der Waals surface area contributed by atoms with Gasteiger partial charge in [-0.15, -0.1) is 24.0 Å². The molecule has 1 aliphatic rings. The van der Waals surface area contributed by atoms with Crippen molar-refractivity contribution in [2.45, 2.75) is 26.3 Å². The van der Waals surface area contributed by atoms with E-state index in [1.807, 2.05) is 19.1 Å². The number of aliphatic imine (C=N–C) groups is 1. The third-order valence-electron chi connectivity index (χ3n) is 4.09. The second-order valence-electron chi connectivity index (χ2n) is 5.62. The van der Waals surface area contributed by atoms with E-state index in [2.05, 4.69) is 20.2 Å². The predicted octanol–water partition coefficient (Wildman–Crippen LogP) is 2.06. The fourth-order valence-corrected chi connectivity index (χ4v) is 2.77. The molecule has 25 heavy (non-hydrogen) atoms. The Labute approximate surface area is 166 Å². The summed E-state index contributed by atoms with van der Waals surface area (Å²) in [4.78, 5) is 22.4. The molecule has 0 bridgehead atoms. The van der Waals surface area contributed by atoms with E-state index in [4.69, 9.17) is 9.47 Å². The first kappa shape index (κ1) is 21.5. The Hall–Kier alpha value is -1.58. The highest BCUT2D eigenvalue weighted by atomic mass is 127. The largest absolute Gasteiger partial charge is 0.481 e. The summed E-state index contributed by atoms with van der Waals surface area (Å²) in [6.07, 6.45) is 3.31. The number of pyridine rings is 1. The Bertz CT molecular complexity index is 575. The van der Waals surface area contributed by atoms with Crippen molar-refractivity contribution in [3.8, 4) is 5.88 Å². The van der Waals surface area contributed by atoms with Crippen LogP contribution in [0.15, 0.2) is 23.3 Å². The molecular weight excluding hydrogens is 435 g/mol. The van der Waals surface area contributed by atoms with E-state index in [0.29, 0.717) is 19.0 Å². The zero-order chi connectivity index (χ0) is 17.4. The lowest BCUT2D eigenvalue weighted by Crippen LogP contribution is -2.46. The van der Waals surface area contributed by atoms with Gasteiger partial charge in [-0.2, -0.15) is 0 Å². The number of aromatic nitrogens is 1. The van der Waals surface area contributed by atoms with Crippen LogP contribution in [0.2, 0.25) is 0 Å². The number of carbonyl (C=O) groups is 1. The lowest BCUT2D eigenvalue weighted by atomic mass is 9.97. The van der Waals surface area contributed by atoms with Gasteiger partial charge in [0.15, 0.2) is 5.96 Å². The molecule has 2 heterocycles. The molecule has 2 rings (SSSR count). The van der Waals surface area contributed by atoms with E-state index in [0.717, 1.165) is 37.5 Å². The Morgan fingerprint density at radius 1 is 1.44 bits per heavy atom. The standard InChI is InChI=1S/C17H26N4O3.HI/c1-4-24-16(22)14-6-9-21(10-7-14)17(18-2)20-12-13-5-8-19-15(11-13)23-3;/h5,8,11,14H,4,6-7,9-10,12H2,1-3H3,(H,18,20);1H. The van der Waals surface area contributed by atoms with E-state index < -0.39 is 0 Å². The highest BCUT2D eigenvalue weighted by Gasteiger charge is 2.27. The Morgan fingerprint density at radius 3 is 2.76 bits per heavy atom. The summed E-state index contributed by atoms with van der Waals surface area (Å²) < 4.78 is 10.2. The molecule has 0 radical (unpaired) electrons. The number of ether oxygens (including phenoxy) is 2. The normalized spacial score (nSPS) is 15.3. The number of nitrogens with one attached hydrogen (secondary N) is 1. The molecule has 1 aromatic rings. The number of rotatable bonds is 5. The van der Waals surface area contributed by atoms with Crippen molar-refractivity contribution in [1.82, 2.24) is 15.2 Å². The molecule has 8 heteroatoms. The van der Waals surface area contributed by atoms with E-state index in [-0.39, 0.29) is 35.9 Å². The van der Waals surface area contributed by atoms with Crippen molar-refractivity contribution >= 4 is 35.9 Å². The zero-order valence-electron chi connectivity index (χ0n) is 15.0. The van der Waals surface area contributed by atoms with Crippen LogP contribution in [0, 0.1) is 5.92 Å². The summed E-state index contributed by atoms with van der Waals surface area (Å²) in [5.74, 6) is 1.36. The molecule has 0 aliphatic carbocycles. The number of nitrogens with zero attached hydrogens (tertiary/aromatic N) is 3. The summed E-state index contributed by atoms with van der Waals surface area (Å²) in [6, 6.07) is 3.84. The maximum Gasteiger partial charge on any atom is 0.309 e. The van der Waals surface area contributed by atoms with Gasteiger partial charge in [-0.1, -0.05) is 0 Å². The number of piperidine rings is 1. The molecule has 1 fully saturated rings. The highest BCUT2D eigenvalue weighted by molar-refractivity contribution is 14.0. The van der Waals surface area contributed by atoms with Crippen molar-refractivity contribution in [1.29, 1.82) is 0 Å². The first-order valence-corrected chi connectivity index (χ1v) is 8.29. The minimum atomic E-state index is -0.0797. The van der Waals surface area contributed by atoms with E-state index >= 15 is 0 Å². The van der Waals surface area contributed by atoms with Crippen LogP contribution in [0.1, 0.15) is 25.3 Å². The van der Waals surface area contributed by atoms with Crippen LogP contribution in [0.5, 0.6) is 5.88 Å². The molecule has 140 valence electrons. The van der Waals surface area contributed by atoms with Crippen LogP contribution >= 0.6 is 24.0 Å². The SMILES string of the molecule is CCOC(=O)C1CCN(C(=NC)NCc2ccnc(OC)c2)CC1.I. The van der Waals surface area contributed by atoms with E-state index in [9.17, 15) is 4.79 Å². The quantitative estimate of drug-likeness (QED) is 0.313. The van der Waals surface area contributed by atoms with E-state index in [1.165, 1.54) is 0 Å². The summed E-state index contributed by atoms with van der Waals surface area (Å²) in [5, 5.41) is 3.35. The van der Waals surface area contributed by atoms with Crippen LogP contribution in [0.3, 0.4) is 0 Å². The van der Waals surface area contributed by atoms with Gasteiger partial charge < -0.3 is 19.7 Å². The Morgan fingerprint density at radius 2 is 2.16 bits per heavy atom. The monoisotopic (exact) mass is 462 g/mol. The fraction of sp³-hybridized carbons (Fsp3) is 0.588. The van der Waals surface area contributed by atoms with Crippen molar-refractivity contribution in [2.24, 2.45) is 10.9 Å². The number of hydrogen-bond donors (Lipinski definition) is 1. The smallest absolute Gasteiger partial charge is 0.309 e. The van der Waals surface area contributed by atoms with Gasteiger partial charge >= 0.3 is 5.97 Å². The number of hydrogen-bond acceptors (Lipinski definition) is 5. The minimum Gasteiger partial charge on any atom is -0.481 e. The average molecular weight is 462 g/mol. The van der Waals surface area contributed by atoms with Gasteiger partial charge in [0, 0.05) is 38.9 Å². The van der Waals surface area contributed by atoms with Crippen LogP contribution in [-0.4, -0.2) is 55.7 Å². The van der Waals surface area contributed by atoms with Crippen molar-refractivity contribution in [2.75, 3.05) is 33.9 Å². The number of methoxy groups -OCH3 is 1. The molecule has 0 amide bonds. The van der Waals surface area contributed by atoms with Gasteiger partial charge in [0.2, 0.25) is 5.88 Å². The average Bonchev–Trinajstić information content (AvgIpc) is 2.63. The molecule has 7 nitrogen and oxygen atoms in total. The van der Waals surface area contributed by atoms with Gasteiger partial charge in [0.25, 0.3) is 0 Å². The summed E-state index contributed by atoms with van der Waals surface area (Å²) >= 11 is 0. The molecule has 1 aliphatic heterocycles. The van der Waals surface area contributed by atoms with E-state index in [1.54, 1.807) is 20.4 Å². The van der Waals surface area contributed by atoms with Gasteiger partial charge in [-0.05, 0) is 31.4 Å². The minimum absolute atomic E-state index is 0. The third-order valence-corrected chi connectivity index (χ3v) is 4.09. The van der Waals surface area contributed by atoms with Crippen molar-refractivity contribution in [3.63, 3.8) is 0 Å². The summed E-state index contributed by atoms with van der Waals surface area (Å²) in [6.45, 7) is 4.51. The second kappa shape index (κ2) is 11.1. The van der Waals surface area contributed by atoms with Crippen LogP contribution < -0.4 is 10.1 Å². The number of carbonyl (C=O) groups excluding carboxylic acids is 1. The van der Waals surface area contributed by atoms with Gasteiger partial charge in [-0.3, -0.25) is 9.79 Å². The topological polar surface area (TPSA) is 76.0 Å². The number of likely N-dealkylation sites (tertiary alicyclic amines) is 1. The second-order valence-corrected chi connectivity index (χ2v) is 5.62. The highest BCUT2D eigenvalue weighted by Crippen LogP contribution is 2.19.